The predicted octanol–water partition coefficient (Wildman–Crippen LogP) is 4.04. The van der Waals surface area contributed by atoms with E-state index in [2.05, 4.69) is 10.6 Å². The van der Waals surface area contributed by atoms with Crippen LogP contribution >= 0.6 is 0 Å². The Morgan fingerprint density at radius 3 is 2.72 bits per heavy atom. The van der Waals surface area contributed by atoms with Gasteiger partial charge in [-0.25, -0.2) is 0 Å². The molecule has 0 aromatic heterocycles. The maximum atomic E-state index is 12.6. The lowest BCUT2D eigenvalue weighted by molar-refractivity contribution is -0.111. The van der Waals surface area contributed by atoms with E-state index < -0.39 is 0 Å². The van der Waals surface area contributed by atoms with Gasteiger partial charge in [-0.1, -0.05) is 18.2 Å². The van der Waals surface area contributed by atoms with Gasteiger partial charge in [0.2, 0.25) is 5.91 Å². The number of hydrogen-bond donors (Lipinski definition) is 2. The quantitative estimate of drug-likeness (QED) is 0.577. The third-order valence-electron chi connectivity index (χ3n) is 4.92. The summed E-state index contributed by atoms with van der Waals surface area (Å²) in [5.41, 5.74) is 1.64. The number of methoxy groups -OCH3 is 1. The van der Waals surface area contributed by atoms with Crippen molar-refractivity contribution in [1.82, 2.24) is 5.32 Å². The van der Waals surface area contributed by atoms with Gasteiger partial charge in [0.25, 0.3) is 5.91 Å². The molecule has 32 heavy (non-hydrogen) atoms. The molecule has 2 N–H and O–H groups in total. The van der Waals surface area contributed by atoms with Crippen molar-refractivity contribution in [1.29, 1.82) is 0 Å². The maximum Gasteiger partial charge on any atom is 0.253 e. The number of carbonyl (C=O) groups is 2. The average Bonchev–Trinajstić information content (AvgIpc) is 3.30. The Kier molecular flexibility index (Phi) is 8.27. The van der Waals surface area contributed by atoms with Crippen LogP contribution in [0.5, 0.6) is 11.5 Å². The molecule has 0 spiro atoms. The molecule has 1 unspecified atom stereocenters. The molecule has 0 radical (unpaired) electrons. The highest BCUT2D eigenvalue weighted by Crippen LogP contribution is 2.29. The zero-order chi connectivity index (χ0) is 22.9. The van der Waals surface area contributed by atoms with E-state index in [1.54, 1.807) is 43.5 Å². The van der Waals surface area contributed by atoms with Crippen molar-refractivity contribution < 1.29 is 23.8 Å². The first-order chi connectivity index (χ1) is 15.5. The molecular formula is C25H30N2O5. The summed E-state index contributed by atoms with van der Waals surface area (Å²) in [5, 5.41) is 5.67. The predicted molar refractivity (Wildman–Crippen MR) is 124 cm³/mol. The van der Waals surface area contributed by atoms with Crippen molar-refractivity contribution >= 4 is 23.6 Å². The summed E-state index contributed by atoms with van der Waals surface area (Å²) in [5.74, 6) is 0.651. The largest absolute Gasteiger partial charge is 0.493 e. The molecule has 1 fully saturated rings. The minimum atomic E-state index is -0.342. The summed E-state index contributed by atoms with van der Waals surface area (Å²) < 4.78 is 16.6. The molecule has 2 aromatic carbocycles. The van der Waals surface area contributed by atoms with Gasteiger partial charge in [0.1, 0.15) is 0 Å². The van der Waals surface area contributed by atoms with Crippen LogP contribution in [-0.2, 0) is 9.53 Å². The van der Waals surface area contributed by atoms with Crippen LogP contribution in [0.3, 0.4) is 0 Å². The van der Waals surface area contributed by atoms with Crippen LogP contribution in [0.25, 0.3) is 6.08 Å². The summed E-state index contributed by atoms with van der Waals surface area (Å²) in [4.78, 5) is 25.1. The van der Waals surface area contributed by atoms with Gasteiger partial charge in [-0.2, -0.15) is 0 Å². The smallest absolute Gasteiger partial charge is 0.253 e. The van der Waals surface area contributed by atoms with Crippen molar-refractivity contribution in [3.05, 3.63) is 59.7 Å². The van der Waals surface area contributed by atoms with Crippen LogP contribution in [0.4, 0.5) is 5.69 Å². The molecule has 1 saturated heterocycles. The SMILES string of the molecule is COc1cc(/C=C/C(=O)Nc2ccccc2C(=O)NCC2CCCO2)ccc1OC(C)C. The summed E-state index contributed by atoms with van der Waals surface area (Å²) in [6.07, 6.45) is 5.13. The molecule has 1 aliphatic rings. The minimum absolute atomic E-state index is 0.0269. The monoisotopic (exact) mass is 438 g/mol. The van der Waals surface area contributed by atoms with E-state index in [-0.39, 0.29) is 24.0 Å². The second kappa shape index (κ2) is 11.3. The van der Waals surface area contributed by atoms with E-state index >= 15 is 0 Å². The number of amides is 2. The molecule has 3 rings (SSSR count). The van der Waals surface area contributed by atoms with E-state index in [0.717, 1.165) is 25.0 Å². The fourth-order valence-electron chi connectivity index (χ4n) is 3.38. The average molecular weight is 439 g/mol. The molecule has 0 aliphatic carbocycles. The number of nitrogens with one attached hydrogen (secondary N) is 2. The Bertz CT molecular complexity index is 965. The van der Waals surface area contributed by atoms with E-state index in [9.17, 15) is 9.59 Å². The van der Waals surface area contributed by atoms with Crippen LogP contribution in [0.2, 0.25) is 0 Å². The summed E-state index contributed by atoms with van der Waals surface area (Å²) in [7, 11) is 1.57. The zero-order valence-corrected chi connectivity index (χ0v) is 18.7. The lowest BCUT2D eigenvalue weighted by Crippen LogP contribution is -2.32. The van der Waals surface area contributed by atoms with Crippen LogP contribution < -0.4 is 20.1 Å². The second-order valence-electron chi connectivity index (χ2n) is 7.79. The fraction of sp³-hybridized carbons (Fsp3) is 0.360. The van der Waals surface area contributed by atoms with Gasteiger partial charge in [-0.3, -0.25) is 9.59 Å². The standard InChI is InChI=1S/C25H30N2O5/c1-17(2)32-22-12-10-18(15-23(22)30-3)11-13-24(28)27-21-9-5-4-8-20(21)25(29)26-16-19-7-6-14-31-19/h4-5,8-13,15,17,19H,6-7,14,16H2,1-3H3,(H,26,29)(H,27,28)/b13-11+. The number of para-hydroxylation sites is 1. The minimum Gasteiger partial charge on any atom is -0.493 e. The second-order valence-corrected chi connectivity index (χ2v) is 7.79. The number of carbonyl (C=O) groups excluding carboxylic acids is 2. The molecule has 1 heterocycles. The van der Waals surface area contributed by atoms with Gasteiger partial charge in [-0.05, 0) is 62.6 Å². The Balaban J connectivity index is 1.63. The van der Waals surface area contributed by atoms with Crippen molar-refractivity contribution in [3.63, 3.8) is 0 Å². The van der Waals surface area contributed by atoms with E-state index in [0.29, 0.717) is 29.3 Å². The molecule has 0 bridgehead atoms. The molecule has 170 valence electrons. The summed E-state index contributed by atoms with van der Waals surface area (Å²) in [6, 6.07) is 12.4. The maximum absolute atomic E-state index is 12.6. The molecule has 7 nitrogen and oxygen atoms in total. The molecule has 1 atom stereocenters. The number of anilines is 1. The van der Waals surface area contributed by atoms with Crippen LogP contribution in [0.1, 0.15) is 42.6 Å². The number of rotatable bonds is 9. The van der Waals surface area contributed by atoms with Gasteiger partial charge >= 0.3 is 0 Å². The van der Waals surface area contributed by atoms with E-state index in [1.165, 1.54) is 6.08 Å². The van der Waals surface area contributed by atoms with Gasteiger partial charge in [-0.15, -0.1) is 0 Å². The van der Waals surface area contributed by atoms with Gasteiger partial charge in [0, 0.05) is 19.2 Å². The van der Waals surface area contributed by atoms with Crippen LogP contribution in [0, 0.1) is 0 Å². The zero-order valence-electron chi connectivity index (χ0n) is 18.7. The van der Waals surface area contributed by atoms with Crippen molar-refractivity contribution in [3.8, 4) is 11.5 Å². The first kappa shape index (κ1) is 23.3. The van der Waals surface area contributed by atoms with Gasteiger partial charge in [0.15, 0.2) is 11.5 Å². The summed E-state index contributed by atoms with van der Waals surface area (Å²) >= 11 is 0. The fourth-order valence-corrected chi connectivity index (χ4v) is 3.38. The van der Waals surface area contributed by atoms with E-state index in [1.807, 2.05) is 26.0 Å². The number of benzene rings is 2. The highest BCUT2D eigenvalue weighted by Gasteiger charge is 2.18. The van der Waals surface area contributed by atoms with Crippen molar-refractivity contribution in [2.24, 2.45) is 0 Å². The summed E-state index contributed by atoms with van der Waals surface area (Å²) in [6.45, 7) is 5.08. The Hall–Kier alpha value is -3.32. The van der Waals surface area contributed by atoms with Crippen molar-refractivity contribution in [2.45, 2.75) is 38.9 Å². The molecule has 2 aromatic rings. The highest BCUT2D eigenvalue weighted by molar-refractivity contribution is 6.07. The molecular weight excluding hydrogens is 408 g/mol. The first-order valence-electron chi connectivity index (χ1n) is 10.8. The molecule has 0 saturated carbocycles. The number of ether oxygens (including phenoxy) is 3. The third-order valence-corrected chi connectivity index (χ3v) is 4.92. The topological polar surface area (TPSA) is 85.9 Å². The molecule has 2 amide bonds. The molecule has 1 aliphatic heterocycles. The third kappa shape index (κ3) is 6.59. The Labute approximate surface area is 188 Å². The van der Waals surface area contributed by atoms with Gasteiger partial charge in [0.05, 0.1) is 30.6 Å². The van der Waals surface area contributed by atoms with Crippen molar-refractivity contribution in [2.75, 3.05) is 25.6 Å². The van der Waals surface area contributed by atoms with Crippen LogP contribution in [-0.4, -0.2) is 44.3 Å². The highest BCUT2D eigenvalue weighted by atomic mass is 16.5. The lowest BCUT2D eigenvalue weighted by Gasteiger charge is -2.14. The van der Waals surface area contributed by atoms with Gasteiger partial charge < -0.3 is 24.8 Å². The molecule has 7 heteroatoms. The van der Waals surface area contributed by atoms with E-state index in [4.69, 9.17) is 14.2 Å². The Morgan fingerprint density at radius 2 is 2.00 bits per heavy atom. The first-order valence-corrected chi connectivity index (χ1v) is 10.8. The normalized spacial score (nSPS) is 15.7. The Morgan fingerprint density at radius 1 is 1.19 bits per heavy atom. The van der Waals surface area contributed by atoms with Crippen LogP contribution in [0.15, 0.2) is 48.5 Å². The number of hydrogen-bond acceptors (Lipinski definition) is 5. The lowest BCUT2D eigenvalue weighted by atomic mass is 10.1.